The first kappa shape index (κ1) is 15.8. The minimum atomic E-state index is -1.81. The minimum absolute atomic E-state index is 0.0472. The van der Waals surface area contributed by atoms with Gasteiger partial charge in [-0.05, 0) is 25.1 Å². The molecule has 5 nitrogen and oxygen atoms in total. The maximum Gasteiger partial charge on any atom is 0.285 e. The van der Waals surface area contributed by atoms with Crippen LogP contribution in [0.25, 0.3) is 0 Å². The summed E-state index contributed by atoms with van der Waals surface area (Å²) in [6.07, 6.45) is 0. The number of hydrogen-bond acceptors (Lipinski definition) is 5. The molecule has 0 aliphatic carbocycles. The number of para-hydroxylation sites is 1. The fourth-order valence-corrected chi connectivity index (χ4v) is 4.12. The van der Waals surface area contributed by atoms with Crippen molar-refractivity contribution >= 4 is 45.2 Å². The number of halogens is 1. The van der Waals surface area contributed by atoms with Crippen LogP contribution in [0.15, 0.2) is 41.3 Å². The van der Waals surface area contributed by atoms with Crippen molar-refractivity contribution in [2.75, 3.05) is 0 Å². The van der Waals surface area contributed by atoms with E-state index in [1.54, 1.807) is 18.2 Å². The van der Waals surface area contributed by atoms with Crippen LogP contribution in [0.2, 0.25) is 4.34 Å². The first-order valence-corrected chi connectivity index (χ1v) is 8.26. The minimum Gasteiger partial charge on any atom is -0.292 e. The van der Waals surface area contributed by atoms with Crippen LogP contribution in [0.4, 0.5) is 5.69 Å². The number of rotatable bonds is 5. The molecule has 8 heteroatoms. The van der Waals surface area contributed by atoms with Crippen LogP contribution < -0.4 is 0 Å². The molecule has 0 saturated carbocycles. The summed E-state index contributed by atoms with van der Waals surface area (Å²) >= 11 is 6.87. The normalized spacial score (nSPS) is 13.6. The molecular weight excluding hydrogens is 334 g/mol. The van der Waals surface area contributed by atoms with Crippen LogP contribution in [0.1, 0.15) is 16.6 Å². The number of carbonyl (C=O) groups excluding carboxylic acids is 1. The van der Waals surface area contributed by atoms with Crippen molar-refractivity contribution < 1.29 is 13.9 Å². The number of carbonyl (C=O) groups is 1. The lowest BCUT2D eigenvalue weighted by Gasteiger charge is -2.09. The monoisotopic (exact) mass is 343 g/mol. The van der Waals surface area contributed by atoms with Crippen LogP contribution in [-0.2, 0) is 10.8 Å². The first-order chi connectivity index (χ1) is 9.91. The van der Waals surface area contributed by atoms with Crippen molar-refractivity contribution in [3.8, 4) is 0 Å². The SMILES string of the molecule is CC(C(=O)c1ccc(Cl)s1)S(=O)c1ccccc1[N+](=O)[O-]. The Morgan fingerprint density at radius 3 is 2.57 bits per heavy atom. The van der Waals surface area contributed by atoms with Gasteiger partial charge in [0.05, 0.1) is 24.9 Å². The number of nitro benzene ring substituents is 1. The highest BCUT2D eigenvalue weighted by molar-refractivity contribution is 7.86. The Kier molecular flexibility index (Phi) is 4.87. The zero-order valence-corrected chi connectivity index (χ0v) is 13.2. The summed E-state index contributed by atoms with van der Waals surface area (Å²) in [6.45, 7) is 1.49. The summed E-state index contributed by atoms with van der Waals surface area (Å²) in [5.41, 5.74) is -0.250. The van der Waals surface area contributed by atoms with Crippen molar-refractivity contribution in [1.82, 2.24) is 0 Å². The van der Waals surface area contributed by atoms with Crippen molar-refractivity contribution in [3.63, 3.8) is 0 Å². The Labute approximate surface area is 132 Å². The van der Waals surface area contributed by atoms with Gasteiger partial charge in [0.15, 0.2) is 5.78 Å². The second kappa shape index (κ2) is 6.46. The van der Waals surface area contributed by atoms with E-state index >= 15 is 0 Å². The first-order valence-electron chi connectivity index (χ1n) is 5.85. The second-order valence-corrected chi connectivity index (χ2v) is 7.59. The summed E-state index contributed by atoms with van der Waals surface area (Å²) in [6, 6.07) is 8.86. The van der Waals surface area contributed by atoms with Gasteiger partial charge in [-0.25, -0.2) is 0 Å². The Bertz CT molecular complexity index is 728. The average molecular weight is 344 g/mol. The number of benzene rings is 1. The number of Topliss-reactive ketones (excluding diaryl/α,β-unsaturated/α-hetero) is 1. The van der Waals surface area contributed by atoms with Gasteiger partial charge in [0, 0.05) is 6.07 Å². The number of nitrogens with zero attached hydrogens (tertiary/aromatic N) is 1. The molecule has 0 radical (unpaired) electrons. The smallest absolute Gasteiger partial charge is 0.285 e. The Morgan fingerprint density at radius 1 is 1.33 bits per heavy atom. The number of nitro groups is 1. The number of ketones is 1. The fourth-order valence-electron chi connectivity index (χ4n) is 1.71. The zero-order valence-electron chi connectivity index (χ0n) is 10.8. The van der Waals surface area contributed by atoms with E-state index in [0.717, 1.165) is 11.3 Å². The van der Waals surface area contributed by atoms with Gasteiger partial charge in [-0.1, -0.05) is 23.7 Å². The lowest BCUT2D eigenvalue weighted by atomic mass is 10.2. The van der Waals surface area contributed by atoms with Gasteiger partial charge in [0.2, 0.25) is 0 Å². The van der Waals surface area contributed by atoms with Gasteiger partial charge in [-0.2, -0.15) is 0 Å². The molecule has 0 aliphatic rings. The molecule has 21 heavy (non-hydrogen) atoms. The topological polar surface area (TPSA) is 77.3 Å². The third-order valence-corrected chi connectivity index (χ3v) is 5.67. The largest absolute Gasteiger partial charge is 0.292 e. The van der Waals surface area contributed by atoms with Crippen molar-refractivity contribution in [2.45, 2.75) is 17.1 Å². The maximum absolute atomic E-state index is 12.4. The van der Waals surface area contributed by atoms with Gasteiger partial charge in [0.1, 0.15) is 10.1 Å². The zero-order chi connectivity index (χ0) is 15.6. The molecule has 0 N–H and O–H groups in total. The van der Waals surface area contributed by atoms with Crippen molar-refractivity contribution in [2.24, 2.45) is 0 Å². The van der Waals surface area contributed by atoms with Gasteiger partial charge >= 0.3 is 0 Å². The predicted octanol–water partition coefficient (Wildman–Crippen LogP) is 3.69. The highest BCUT2D eigenvalue weighted by Gasteiger charge is 2.28. The predicted molar refractivity (Wildman–Crippen MR) is 82.6 cm³/mol. The molecule has 0 saturated heterocycles. The second-order valence-electron chi connectivity index (χ2n) is 4.13. The van der Waals surface area contributed by atoms with E-state index in [2.05, 4.69) is 0 Å². The molecule has 0 fully saturated rings. The molecule has 2 unspecified atom stereocenters. The van der Waals surface area contributed by atoms with Gasteiger partial charge < -0.3 is 0 Å². The van der Waals surface area contributed by atoms with E-state index in [1.165, 1.54) is 25.1 Å². The molecule has 0 bridgehead atoms. The lowest BCUT2D eigenvalue weighted by Crippen LogP contribution is -2.22. The average Bonchev–Trinajstić information content (AvgIpc) is 2.91. The van der Waals surface area contributed by atoms with Crippen molar-refractivity contribution in [1.29, 1.82) is 0 Å². The lowest BCUT2D eigenvalue weighted by molar-refractivity contribution is -0.387. The summed E-state index contributed by atoms with van der Waals surface area (Å²) in [5, 5.41) is 10.1. The molecule has 0 aliphatic heterocycles. The van der Waals surface area contributed by atoms with E-state index in [-0.39, 0.29) is 16.4 Å². The maximum atomic E-state index is 12.4. The standard InChI is InChI=1S/C13H10ClNO4S2/c1-8(13(16)10-6-7-12(14)20-10)21(19)11-5-3-2-4-9(11)15(17)18/h2-8H,1H3. The van der Waals surface area contributed by atoms with Crippen LogP contribution in [0.5, 0.6) is 0 Å². The molecule has 2 atom stereocenters. The molecule has 0 spiro atoms. The van der Waals surface area contributed by atoms with Crippen molar-refractivity contribution in [3.05, 3.63) is 55.7 Å². The van der Waals surface area contributed by atoms with Crippen LogP contribution >= 0.6 is 22.9 Å². The van der Waals surface area contributed by atoms with Gasteiger partial charge in [-0.3, -0.25) is 19.1 Å². The Hall–Kier alpha value is -1.57. The number of thiophene rings is 1. The summed E-state index contributed by atoms with van der Waals surface area (Å²) in [7, 11) is -1.81. The van der Waals surface area contributed by atoms with E-state index in [1.807, 2.05) is 0 Å². The van der Waals surface area contributed by atoms with E-state index < -0.39 is 21.0 Å². The summed E-state index contributed by atoms with van der Waals surface area (Å²) in [4.78, 5) is 23.0. The van der Waals surface area contributed by atoms with Gasteiger partial charge in [-0.15, -0.1) is 11.3 Å². The van der Waals surface area contributed by atoms with Crippen LogP contribution in [-0.4, -0.2) is 20.2 Å². The molecule has 2 aromatic rings. The molecule has 1 aromatic heterocycles. The highest BCUT2D eigenvalue weighted by atomic mass is 35.5. The third-order valence-electron chi connectivity index (χ3n) is 2.79. The third kappa shape index (κ3) is 3.37. The summed E-state index contributed by atoms with van der Waals surface area (Å²) < 4.78 is 12.9. The summed E-state index contributed by atoms with van der Waals surface area (Å²) in [5.74, 6) is -0.344. The molecule has 110 valence electrons. The Balaban J connectivity index is 2.32. The van der Waals surface area contributed by atoms with E-state index in [0.29, 0.717) is 9.21 Å². The molecule has 1 aromatic carbocycles. The van der Waals surface area contributed by atoms with Crippen LogP contribution in [0.3, 0.4) is 0 Å². The quantitative estimate of drug-likeness (QED) is 0.471. The Morgan fingerprint density at radius 2 is 2.00 bits per heavy atom. The molecular formula is C13H10ClNO4S2. The van der Waals surface area contributed by atoms with Crippen LogP contribution in [0, 0.1) is 10.1 Å². The molecule has 0 amide bonds. The molecule has 1 heterocycles. The van der Waals surface area contributed by atoms with E-state index in [9.17, 15) is 19.1 Å². The molecule has 2 rings (SSSR count). The van der Waals surface area contributed by atoms with E-state index in [4.69, 9.17) is 11.6 Å². The van der Waals surface area contributed by atoms with Gasteiger partial charge in [0.25, 0.3) is 5.69 Å². The number of hydrogen-bond donors (Lipinski definition) is 0. The highest BCUT2D eigenvalue weighted by Crippen LogP contribution is 2.27. The fraction of sp³-hybridized carbons (Fsp3) is 0.154.